The maximum atomic E-state index is 11.2. The summed E-state index contributed by atoms with van der Waals surface area (Å²) in [6.07, 6.45) is 1.60. The molecule has 0 unspecified atom stereocenters. The summed E-state index contributed by atoms with van der Waals surface area (Å²) < 4.78 is 0. The first-order valence-electron chi connectivity index (χ1n) is 11.9. The van der Waals surface area contributed by atoms with Crippen molar-refractivity contribution >= 4 is 50.1 Å². The lowest BCUT2D eigenvalue weighted by Gasteiger charge is -2.22. The van der Waals surface area contributed by atoms with Crippen LogP contribution >= 0.6 is 11.6 Å². The molecule has 0 spiro atoms. The molecule has 0 saturated heterocycles. The largest absolute Gasteiger partial charge is 0.481 e. The fourth-order valence-electron chi connectivity index (χ4n) is 4.99. The van der Waals surface area contributed by atoms with Gasteiger partial charge in [-0.2, -0.15) is 10.5 Å². The number of carboxylic acid groups (broad SMARTS) is 1. The Bertz CT molecular complexity index is 1770. The van der Waals surface area contributed by atoms with E-state index in [9.17, 15) is 20.4 Å². The number of aromatic amines is 1. The van der Waals surface area contributed by atoms with Gasteiger partial charge in [-0.15, -0.1) is 0 Å². The van der Waals surface area contributed by atoms with Gasteiger partial charge in [-0.25, -0.2) is 4.98 Å². The number of rotatable bonds is 6. The molecule has 2 N–H and O–H groups in total. The van der Waals surface area contributed by atoms with Crippen LogP contribution in [0.1, 0.15) is 43.4 Å². The molecule has 0 saturated carbocycles. The highest BCUT2D eigenvalue weighted by molar-refractivity contribution is 6.33. The molecule has 182 valence electrons. The van der Waals surface area contributed by atoms with Gasteiger partial charge in [0, 0.05) is 15.8 Å². The zero-order valence-electron chi connectivity index (χ0n) is 20.4. The van der Waals surface area contributed by atoms with Crippen molar-refractivity contribution in [2.45, 2.75) is 33.1 Å². The number of hydrogen-bond acceptors (Lipinski definition) is 4. The molecule has 0 aliphatic carbocycles. The summed E-state index contributed by atoms with van der Waals surface area (Å²) in [5, 5.41) is 33.0. The Kier molecular flexibility index (Phi) is 6.07. The number of aryl methyl sites for hydroxylation is 1. The standard InChI is InChI=1S/C30H23ClN4O2/c1-30(2,14-25(36)37)11-10-17-6-8-21-23(12-17)24-13-20(31)7-9-22(24)28-27(21)34-29(35-28)26-18(15-32)4-3-5-19(26)16-33/h3-9,12-13H,10-11,14H2,1-2H3,(H,34,35)(H,36,37). The molecule has 1 aromatic heterocycles. The Labute approximate surface area is 218 Å². The van der Waals surface area contributed by atoms with Crippen LogP contribution in [0.5, 0.6) is 0 Å². The summed E-state index contributed by atoms with van der Waals surface area (Å²) in [6, 6.07) is 21.3. The van der Waals surface area contributed by atoms with Crippen LogP contribution in [0, 0.1) is 28.1 Å². The number of aromatic nitrogens is 2. The van der Waals surface area contributed by atoms with Crippen molar-refractivity contribution in [3.63, 3.8) is 0 Å². The highest BCUT2D eigenvalue weighted by Gasteiger charge is 2.22. The van der Waals surface area contributed by atoms with Gasteiger partial charge in [-0.1, -0.05) is 55.8 Å². The second-order valence-electron chi connectivity index (χ2n) is 10.1. The molecule has 0 fully saturated rings. The Morgan fingerprint density at radius 3 is 2.35 bits per heavy atom. The molecule has 0 bridgehead atoms. The first-order valence-corrected chi connectivity index (χ1v) is 12.3. The minimum absolute atomic E-state index is 0.117. The van der Waals surface area contributed by atoms with E-state index in [0.29, 0.717) is 27.5 Å². The first kappa shape index (κ1) is 24.3. The van der Waals surface area contributed by atoms with E-state index in [1.165, 1.54) is 0 Å². The Morgan fingerprint density at radius 1 is 1.00 bits per heavy atom. The lowest BCUT2D eigenvalue weighted by Crippen LogP contribution is -2.17. The summed E-state index contributed by atoms with van der Waals surface area (Å²) in [7, 11) is 0. The molecule has 7 heteroatoms. The molecule has 0 atom stereocenters. The third-order valence-corrected chi connectivity index (χ3v) is 7.08. The van der Waals surface area contributed by atoms with Crippen molar-refractivity contribution in [2.75, 3.05) is 0 Å². The minimum atomic E-state index is -0.792. The zero-order valence-corrected chi connectivity index (χ0v) is 21.1. The fourth-order valence-corrected chi connectivity index (χ4v) is 5.16. The van der Waals surface area contributed by atoms with Crippen molar-refractivity contribution in [1.29, 1.82) is 10.5 Å². The molecular weight excluding hydrogens is 484 g/mol. The highest BCUT2D eigenvalue weighted by Crippen LogP contribution is 2.38. The predicted molar refractivity (Wildman–Crippen MR) is 145 cm³/mol. The van der Waals surface area contributed by atoms with E-state index in [1.54, 1.807) is 18.2 Å². The van der Waals surface area contributed by atoms with Gasteiger partial charge in [-0.05, 0) is 58.9 Å². The van der Waals surface area contributed by atoms with Crippen molar-refractivity contribution < 1.29 is 9.90 Å². The SMILES string of the molecule is CC(C)(CCc1ccc2c(c1)c1cc(Cl)ccc1c1nc(-c3c(C#N)cccc3C#N)[nH]c21)CC(=O)O. The Balaban J connectivity index is 1.72. The van der Waals surface area contributed by atoms with E-state index in [0.717, 1.165) is 51.0 Å². The second kappa shape index (κ2) is 9.24. The van der Waals surface area contributed by atoms with Crippen molar-refractivity contribution in [3.8, 4) is 23.5 Å². The van der Waals surface area contributed by atoms with E-state index in [2.05, 4.69) is 29.3 Å². The maximum Gasteiger partial charge on any atom is 0.303 e. The average Bonchev–Trinajstić information content (AvgIpc) is 3.31. The number of nitrogens with one attached hydrogen (secondary N) is 1. The number of aliphatic carboxylic acids is 1. The van der Waals surface area contributed by atoms with E-state index in [4.69, 9.17) is 16.6 Å². The average molecular weight is 507 g/mol. The van der Waals surface area contributed by atoms with Crippen LogP contribution in [-0.4, -0.2) is 21.0 Å². The topological polar surface area (TPSA) is 114 Å². The van der Waals surface area contributed by atoms with E-state index >= 15 is 0 Å². The molecule has 1 heterocycles. The second-order valence-corrected chi connectivity index (χ2v) is 10.5. The van der Waals surface area contributed by atoms with Crippen molar-refractivity contribution in [1.82, 2.24) is 9.97 Å². The van der Waals surface area contributed by atoms with E-state index in [1.807, 2.05) is 38.1 Å². The van der Waals surface area contributed by atoms with Gasteiger partial charge in [0.25, 0.3) is 0 Å². The van der Waals surface area contributed by atoms with Crippen LogP contribution in [0.3, 0.4) is 0 Å². The number of nitriles is 2. The highest BCUT2D eigenvalue weighted by atomic mass is 35.5. The molecule has 0 aliphatic heterocycles. The molecule has 4 aromatic carbocycles. The molecular formula is C30H23ClN4O2. The van der Waals surface area contributed by atoms with Gasteiger partial charge in [0.1, 0.15) is 5.82 Å². The Morgan fingerprint density at radius 2 is 1.68 bits per heavy atom. The molecule has 0 radical (unpaired) electrons. The van der Waals surface area contributed by atoms with E-state index in [-0.39, 0.29) is 11.8 Å². The summed E-state index contributed by atoms with van der Waals surface area (Å²) in [4.78, 5) is 19.5. The normalized spacial score (nSPS) is 11.6. The fraction of sp³-hybridized carbons (Fsp3) is 0.200. The summed E-state index contributed by atoms with van der Waals surface area (Å²) in [5.41, 5.74) is 3.57. The Hall–Kier alpha value is -4.39. The number of nitrogens with zero attached hydrogens (tertiary/aromatic N) is 3. The van der Waals surface area contributed by atoms with Gasteiger partial charge in [0.15, 0.2) is 0 Å². The number of fused-ring (bicyclic) bond motifs is 6. The smallest absolute Gasteiger partial charge is 0.303 e. The number of imidazole rings is 1. The minimum Gasteiger partial charge on any atom is -0.481 e. The number of H-pyrrole nitrogens is 1. The van der Waals surface area contributed by atoms with Gasteiger partial charge in [-0.3, -0.25) is 4.79 Å². The zero-order chi connectivity index (χ0) is 26.3. The molecule has 5 aromatic rings. The lowest BCUT2D eigenvalue weighted by molar-refractivity contribution is -0.139. The number of carbonyl (C=O) groups is 1. The summed E-state index contributed by atoms with van der Waals surface area (Å²) in [5.74, 6) is -0.328. The third-order valence-electron chi connectivity index (χ3n) is 6.85. The first-order chi connectivity index (χ1) is 17.7. The van der Waals surface area contributed by atoms with Gasteiger partial charge < -0.3 is 10.1 Å². The monoisotopic (exact) mass is 506 g/mol. The summed E-state index contributed by atoms with van der Waals surface area (Å²) >= 11 is 6.40. The third kappa shape index (κ3) is 4.48. The van der Waals surface area contributed by atoms with E-state index < -0.39 is 5.97 Å². The number of hydrogen-bond donors (Lipinski definition) is 2. The van der Waals surface area contributed by atoms with Gasteiger partial charge in [0.05, 0.1) is 46.3 Å². The quantitative estimate of drug-likeness (QED) is 0.233. The van der Waals surface area contributed by atoms with Gasteiger partial charge in [0.2, 0.25) is 0 Å². The maximum absolute atomic E-state index is 11.2. The molecule has 5 rings (SSSR count). The predicted octanol–water partition coefficient (Wildman–Crippen LogP) is 7.37. The van der Waals surface area contributed by atoms with Gasteiger partial charge >= 0.3 is 5.97 Å². The van der Waals surface area contributed by atoms with Crippen LogP contribution in [0.25, 0.3) is 44.0 Å². The van der Waals surface area contributed by atoms with Crippen molar-refractivity contribution in [3.05, 3.63) is 76.3 Å². The molecule has 0 aliphatic rings. The molecule has 37 heavy (non-hydrogen) atoms. The molecule has 0 amide bonds. The molecule has 6 nitrogen and oxygen atoms in total. The van der Waals surface area contributed by atoms with Crippen LogP contribution in [0.2, 0.25) is 5.02 Å². The van der Waals surface area contributed by atoms with Crippen LogP contribution in [0.15, 0.2) is 54.6 Å². The van der Waals surface area contributed by atoms with Crippen LogP contribution < -0.4 is 0 Å². The van der Waals surface area contributed by atoms with Crippen LogP contribution in [0.4, 0.5) is 0 Å². The lowest BCUT2D eigenvalue weighted by atomic mass is 9.83. The number of benzene rings is 4. The van der Waals surface area contributed by atoms with Crippen molar-refractivity contribution in [2.24, 2.45) is 5.41 Å². The number of halogens is 1. The van der Waals surface area contributed by atoms with Crippen LogP contribution in [-0.2, 0) is 11.2 Å². The number of carboxylic acids is 1. The summed E-state index contributed by atoms with van der Waals surface area (Å²) in [6.45, 7) is 3.95.